The summed E-state index contributed by atoms with van der Waals surface area (Å²) in [6, 6.07) is 55.2. The van der Waals surface area contributed by atoms with Crippen LogP contribution in [0.25, 0.3) is 65.8 Å². The molecule has 0 N–H and O–H groups in total. The fourth-order valence-corrected chi connectivity index (χ4v) is 23.1. The lowest BCUT2D eigenvalue weighted by molar-refractivity contribution is -0.00365. The van der Waals surface area contributed by atoms with Crippen molar-refractivity contribution in [2.45, 2.75) is 140 Å². The smallest absolute Gasteiger partial charge is 0.297 e. The van der Waals surface area contributed by atoms with E-state index in [9.17, 15) is 54.9 Å². The number of fused-ring (bicyclic) bond motifs is 9. The highest BCUT2D eigenvalue weighted by atomic mass is 32.2. The second-order valence-corrected chi connectivity index (χ2v) is 42.2. The molecule has 0 aliphatic carbocycles. The molecule has 36 heteroatoms. The van der Waals surface area contributed by atoms with Gasteiger partial charge in [0.25, 0.3) is 60.4 Å². The van der Waals surface area contributed by atoms with Gasteiger partial charge < -0.3 is 24.2 Å². The van der Waals surface area contributed by atoms with Gasteiger partial charge in [0.15, 0.2) is 16.9 Å². The van der Waals surface area contributed by atoms with Gasteiger partial charge in [-0.3, -0.25) is 27.5 Å². The first-order valence-electron chi connectivity index (χ1n) is 42.8. The van der Waals surface area contributed by atoms with E-state index in [4.69, 9.17) is 39.7 Å². The number of benzene rings is 6. The fourth-order valence-electron chi connectivity index (χ4n) is 15.8. The maximum Gasteiger partial charge on any atom is 0.297 e. The molecule has 6 aromatic carbocycles. The SMILES string of the molecule is Cc1ccc(S(=O)(=O)OC2CCN(c3ccc4c5cnccc5n(S(=O)(=O)c5ccc(C)cc5)c4n3)CC2)cc1.Cc1ccc(S(=O)(=O)OCC(F)COC2CCN(c3ccc4c5cnccc5n(S(=O)(=O)c5ccc(C)cc5)c4n3)CC2)cc1.[2H]C([2H])(CCOC1CCN(c2ccc3c4cnccc4n(S(=O)(=O)c4ccc(C)cc4)c3n2)CC1)OS(=O)(=O)c1ccc(C)cc1. The third-order valence-electron chi connectivity index (χ3n) is 22.9. The Morgan fingerprint density at radius 2 is 0.628 bits per heavy atom. The third kappa shape index (κ3) is 19.8. The summed E-state index contributed by atoms with van der Waals surface area (Å²) in [5.74, 6) is 1.87. The van der Waals surface area contributed by atoms with Crippen LogP contribution in [0, 0.1) is 41.5 Å². The predicted octanol–water partition coefficient (Wildman–Crippen LogP) is 15.2. The Hall–Kier alpha value is -11.6. The van der Waals surface area contributed by atoms with Gasteiger partial charge in [-0.15, -0.1) is 0 Å². The molecule has 9 aromatic heterocycles. The van der Waals surface area contributed by atoms with E-state index in [1.54, 1.807) is 177 Å². The Labute approximate surface area is 751 Å². The average molecular weight is 1870 g/mol. The molecular weight excluding hydrogens is 1770 g/mol. The van der Waals surface area contributed by atoms with Crippen LogP contribution in [0.15, 0.2) is 267 Å². The van der Waals surface area contributed by atoms with Gasteiger partial charge in [0, 0.05) is 115 Å². The molecule has 129 heavy (non-hydrogen) atoms. The molecule has 12 heterocycles. The van der Waals surface area contributed by atoms with Crippen LogP contribution in [0.4, 0.5) is 21.8 Å². The standard InChI is InChI=1S/C32H33FN4O6S2.C32H34N4O6S2.C29H28N4O5S2/c1-22-3-7-26(8-4-22)44(38,39)37-30-13-16-34-19-29(30)28-11-12-31(35-32(28)37)36-17-14-25(15-18-36)42-20-24(33)21-43-45(40,41)27-9-5-23(2)6-10-27;1-23-4-8-26(9-5-23)43(37,38)36-30-14-17-33-22-29(30)28-12-13-31(34-32(28)36)35-18-15-25(16-19-35)41-20-3-21-42-44(39,40)27-10-6-24(2)7-11-27;1-20-3-7-23(8-4-20)39(34,35)33-27-13-16-30-19-26(27)25-11-12-28(31-29(25)33)32-17-14-22(15-18-32)38-40(36,37)24-9-5-21(2)6-10-24/h3-13,16,19,24-25H,14-15,17-18,20-21H2,1-2H3;4-14,17,22,25H,3,15-16,18-21H2,1-2H3;3-13,16,19,22H,14-15,17-18H2,1-2H3/i;21D2;. The minimum absolute atomic E-state index is 0.0176. The van der Waals surface area contributed by atoms with Gasteiger partial charge in [0.2, 0.25) is 0 Å². The molecule has 672 valence electrons. The van der Waals surface area contributed by atoms with E-state index < -0.39 is 85.9 Å². The molecule has 3 fully saturated rings. The van der Waals surface area contributed by atoms with Crippen molar-refractivity contribution < 1.29 is 79.7 Å². The van der Waals surface area contributed by atoms with Crippen molar-refractivity contribution in [2.75, 3.05) is 80.3 Å². The zero-order valence-corrected chi connectivity index (χ0v) is 76.2. The minimum Gasteiger partial charge on any atom is -0.378 e. The molecule has 0 bridgehead atoms. The van der Waals surface area contributed by atoms with Crippen LogP contribution < -0.4 is 14.7 Å². The summed E-state index contributed by atoms with van der Waals surface area (Å²) in [5.41, 5.74) is 8.08. The summed E-state index contributed by atoms with van der Waals surface area (Å²) in [7, 11) is -24.1. The van der Waals surface area contributed by atoms with E-state index >= 15 is 0 Å². The number of piperidine rings is 3. The summed E-state index contributed by atoms with van der Waals surface area (Å²) in [6.07, 6.45) is 10.3. The lowest BCUT2D eigenvalue weighted by atomic mass is 10.1. The van der Waals surface area contributed by atoms with Crippen molar-refractivity contribution in [1.82, 2.24) is 41.8 Å². The zero-order chi connectivity index (χ0) is 92.5. The number of alkyl halides is 1. The third-order valence-corrected chi connectivity index (χ3v) is 31.9. The number of anilines is 3. The lowest BCUT2D eigenvalue weighted by Gasteiger charge is -2.33. The van der Waals surface area contributed by atoms with Crippen molar-refractivity contribution in [3.63, 3.8) is 0 Å². The number of hydrogen-bond acceptors (Lipinski definition) is 26. The van der Waals surface area contributed by atoms with Crippen LogP contribution in [-0.4, -0.2) is 182 Å². The first kappa shape index (κ1) is 88.1. The van der Waals surface area contributed by atoms with Crippen LogP contribution in [0.2, 0.25) is 0 Å². The second-order valence-electron chi connectivity index (χ2n) is 32.1. The number of pyridine rings is 6. The maximum absolute atomic E-state index is 14.5. The number of halogens is 1. The Morgan fingerprint density at radius 1 is 0.341 bits per heavy atom. The van der Waals surface area contributed by atoms with E-state index in [0.717, 1.165) is 33.4 Å². The highest BCUT2D eigenvalue weighted by molar-refractivity contribution is 7.91. The number of rotatable bonds is 26. The largest absolute Gasteiger partial charge is 0.378 e. The van der Waals surface area contributed by atoms with E-state index in [0.29, 0.717) is 161 Å². The molecule has 0 saturated carbocycles. The number of hydrogen-bond donors (Lipinski definition) is 0. The molecule has 1 atom stereocenters. The quantitative estimate of drug-likeness (QED) is 0.0454. The normalized spacial score (nSPS) is 15.6. The predicted molar refractivity (Wildman–Crippen MR) is 492 cm³/mol. The Morgan fingerprint density at radius 3 is 0.953 bits per heavy atom. The van der Waals surface area contributed by atoms with Crippen molar-refractivity contribution in [2.24, 2.45) is 0 Å². The number of ether oxygens (including phenoxy) is 2. The van der Waals surface area contributed by atoms with Gasteiger partial charge in [-0.2, -0.15) is 25.3 Å². The molecule has 0 spiro atoms. The lowest BCUT2D eigenvalue weighted by Crippen LogP contribution is -2.38. The van der Waals surface area contributed by atoms with Crippen molar-refractivity contribution >= 4 is 144 Å². The monoisotopic (exact) mass is 1860 g/mol. The Bertz CT molecular complexity index is 7480. The van der Waals surface area contributed by atoms with Crippen LogP contribution in [0.1, 0.15) is 81.1 Å². The average Bonchev–Trinajstić information content (AvgIpc) is 1.59. The Balaban J connectivity index is 0.000000144. The van der Waals surface area contributed by atoms with Gasteiger partial charge in [-0.05, 0) is 214 Å². The summed E-state index contributed by atoms with van der Waals surface area (Å²) in [5, 5.41) is 4.12. The highest BCUT2D eigenvalue weighted by Crippen LogP contribution is 2.39. The Kier molecular flexibility index (Phi) is 25.9. The van der Waals surface area contributed by atoms with Gasteiger partial charge >= 0.3 is 0 Å². The summed E-state index contributed by atoms with van der Waals surface area (Å²) in [4.78, 5) is 33.8. The molecule has 0 amide bonds. The van der Waals surface area contributed by atoms with E-state index in [2.05, 4.69) is 19.9 Å². The number of aromatic nitrogens is 9. The molecular formula is C93H95FN12O17S6. The summed E-state index contributed by atoms with van der Waals surface area (Å²) < 4.78 is 220. The molecule has 1 unspecified atom stereocenters. The molecule has 3 saturated heterocycles. The minimum atomic E-state index is -4.27. The van der Waals surface area contributed by atoms with Gasteiger partial charge in [-0.25, -0.2) is 56.5 Å². The van der Waals surface area contributed by atoms with Crippen LogP contribution in [0.5, 0.6) is 0 Å². The number of nitrogens with zero attached hydrogens (tertiary/aromatic N) is 12. The van der Waals surface area contributed by atoms with Gasteiger partial charge in [0.1, 0.15) is 30.2 Å². The van der Waals surface area contributed by atoms with Crippen molar-refractivity contribution in [3.05, 3.63) is 271 Å². The van der Waals surface area contributed by atoms with Crippen LogP contribution in [0.3, 0.4) is 0 Å². The first-order valence-corrected chi connectivity index (χ1v) is 50.4. The molecule has 18 rings (SSSR count). The summed E-state index contributed by atoms with van der Waals surface area (Å²) >= 11 is 0. The number of aryl methyl sites for hydroxylation is 6. The fraction of sp³-hybridized carbons (Fsp3) is 0.290. The topological polar surface area (TPSA) is 353 Å². The van der Waals surface area contributed by atoms with E-state index in [1.807, 2.05) is 87.7 Å². The van der Waals surface area contributed by atoms with Crippen molar-refractivity contribution in [1.29, 1.82) is 0 Å². The van der Waals surface area contributed by atoms with Gasteiger partial charge in [-0.1, -0.05) is 106 Å². The molecule has 15 aromatic rings. The van der Waals surface area contributed by atoms with Crippen molar-refractivity contribution in [3.8, 4) is 0 Å². The first-order chi connectivity index (χ1) is 62.5. The van der Waals surface area contributed by atoms with E-state index in [-0.39, 0.29) is 61.2 Å². The molecule has 0 radical (unpaired) electrons. The van der Waals surface area contributed by atoms with Gasteiger partial charge in [0.05, 0.1) is 80.1 Å². The molecule has 3 aliphatic rings. The molecule has 29 nitrogen and oxygen atoms in total. The van der Waals surface area contributed by atoms with Crippen LogP contribution in [-0.2, 0) is 82.4 Å². The zero-order valence-electron chi connectivity index (χ0n) is 73.3. The van der Waals surface area contributed by atoms with Crippen LogP contribution >= 0.6 is 0 Å². The van der Waals surface area contributed by atoms with E-state index in [1.165, 1.54) is 36.2 Å². The summed E-state index contributed by atoms with van der Waals surface area (Å²) in [6.45, 7) is 11.2. The maximum atomic E-state index is 14.5. The highest BCUT2D eigenvalue weighted by Gasteiger charge is 2.34. The molecule has 3 aliphatic heterocycles. The second kappa shape index (κ2) is 37.9.